The van der Waals surface area contributed by atoms with E-state index < -0.39 is 0 Å². The SMILES string of the molecule is Cc1ccc(OCCC(=O)N2CC[C@@H](O)C2)cc1C. The number of benzene rings is 1. The first kappa shape index (κ1) is 13.9. The van der Waals surface area contributed by atoms with Gasteiger partial charge >= 0.3 is 0 Å². The molecule has 4 heteroatoms. The second kappa shape index (κ2) is 6.06. The minimum absolute atomic E-state index is 0.0559. The molecule has 2 rings (SSSR count). The summed E-state index contributed by atoms with van der Waals surface area (Å²) in [6.07, 6.45) is 0.688. The minimum atomic E-state index is -0.357. The fourth-order valence-electron chi connectivity index (χ4n) is 2.19. The van der Waals surface area contributed by atoms with Crippen molar-refractivity contribution in [1.29, 1.82) is 0 Å². The molecule has 1 saturated heterocycles. The number of rotatable bonds is 4. The fraction of sp³-hybridized carbons (Fsp3) is 0.533. The van der Waals surface area contributed by atoms with Gasteiger partial charge in [-0.05, 0) is 43.5 Å². The second-order valence-electron chi connectivity index (χ2n) is 5.13. The first-order valence-electron chi connectivity index (χ1n) is 6.72. The van der Waals surface area contributed by atoms with Crippen LogP contribution in [0.15, 0.2) is 18.2 Å². The van der Waals surface area contributed by atoms with Gasteiger partial charge in [-0.3, -0.25) is 4.79 Å². The van der Waals surface area contributed by atoms with Gasteiger partial charge in [-0.15, -0.1) is 0 Å². The Hall–Kier alpha value is -1.55. The molecule has 1 amide bonds. The van der Waals surface area contributed by atoms with Crippen LogP contribution in [0.1, 0.15) is 24.0 Å². The predicted octanol–water partition coefficient (Wildman–Crippen LogP) is 1.67. The Bertz CT molecular complexity index is 459. The van der Waals surface area contributed by atoms with E-state index in [0.717, 1.165) is 5.75 Å². The van der Waals surface area contributed by atoms with Gasteiger partial charge in [0.2, 0.25) is 5.91 Å². The Balaban J connectivity index is 1.77. The molecule has 0 spiro atoms. The van der Waals surface area contributed by atoms with Crippen molar-refractivity contribution in [2.24, 2.45) is 0 Å². The van der Waals surface area contributed by atoms with E-state index in [0.29, 0.717) is 32.5 Å². The Kier molecular flexibility index (Phi) is 4.43. The number of likely N-dealkylation sites (tertiary alicyclic amines) is 1. The normalized spacial score (nSPS) is 18.7. The molecular formula is C15H21NO3. The maximum atomic E-state index is 11.8. The zero-order valence-electron chi connectivity index (χ0n) is 11.6. The van der Waals surface area contributed by atoms with Crippen LogP contribution in [0, 0.1) is 13.8 Å². The predicted molar refractivity (Wildman–Crippen MR) is 73.2 cm³/mol. The van der Waals surface area contributed by atoms with E-state index in [1.807, 2.05) is 25.1 Å². The first-order chi connectivity index (χ1) is 9.06. The molecule has 104 valence electrons. The van der Waals surface area contributed by atoms with Crippen molar-refractivity contribution in [3.8, 4) is 5.75 Å². The summed E-state index contributed by atoms with van der Waals surface area (Å²) in [6.45, 7) is 5.60. The van der Waals surface area contributed by atoms with Crippen molar-refractivity contribution in [2.75, 3.05) is 19.7 Å². The number of β-amino-alcohol motifs (C(OH)–C–C–N with tert-alkyl or cyclic N) is 1. The highest BCUT2D eigenvalue weighted by Crippen LogP contribution is 2.17. The van der Waals surface area contributed by atoms with Crippen LogP contribution in [0.5, 0.6) is 5.75 Å². The van der Waals surface area contributed by atoms with Gasteiger partial charge in [0, 0.05) is 13.1 Å². The van der Waals surface area contributed by atoms with Gasteiger partial charge in [-0.25, -0.2) is 0 Å². The number of aliphatic hydroxyl groups is 1. The number of aryl methyl sites for hydroxylation is 2. The molecule has 0 aromatic heterocycles. The summed E-state index contributed by atoms with van der Waals surface area (Å²) in [5, 5.41) is 9.38. The average Bonchev–Trinajstić information content (AvgIpc) is 2.80. The number of aliphatic hydroxyl groups excluding tert-OH is 1. The number of hydrogen-bond acceptors (Lipinski definition) is 3. The largest absolute Gasteiger partial charge is 0.493 e. The topological polar surface area (TPSA) is 49.8 Å². The molecule has 4 nitrogen and oxygen atoms in total. The molecule has 1 atom stereocenters. The highest BCUT2D eigenvalue weighted by atomic mass is 16.5. The molecule has 0 bridgehead atoms. The fourth-order valence-corrected chi connectivity index (χ4v) is 2.19. The van der Waals surface area contributed by atoms with E-state index in [1.54, 1.807) is 4.90 Å². The van der Waals surface area contributed by atoms with Crippen LogP contribution in [0.3, 0.4) is 0 Å². The highest BCUT2D eigenvalue weighted by molar-refractivity contribution is 5.76. The van der Waals surface area contributed by atoms with Crippen LogP contribution in [0.25, 0.3) is 0 Å². The lowest BCUT2D eigenvalue weighted by molar-refractivity contribution is -0.131. The third-order valence-corrected chi connectivity index (χ3v) is 3.58. The lowest BCUT2D eigenvalue weighted by atomic mass is 10.1. The van der Waals surface area contributed by atoms with Gasteiger partial charge in [0.15, 0.2) is 0 Å². The summed E-state index contributed by atoms with van der Waals surface area (Å²) in [5.74, 6) is 0.859. The Morgan fingerprint density at radius 3 is 2.84 bits per heavy atom. The molecule has 0 saturated carbocycles. The van der Waals surface area contributed by atoms with Crippen LogP contribution in [-0.2, 0) is 4.79 Å². The zero-order chi connectivity index (χ0) is 13.8. The van der Waals surface area contributed by atoms with Gasteiger partial charge < -0.3 is 14.7 Å². The second-order valence-corrected chi connectivity index (χ2v) is 5.13. The molecule has 19 heavy (non-hydrogen) atoms. The molecular weight excluding hydrogens is 242 g/mol. The van der Waals surface area contributed by atoms with E-state index in [9.17, 15) is 9.90 Å². The van der Waals surface area contributed by atoms with Crippen LogP contribution in [0.4, 0.5) is 0 Å². The number of carbonyl (C=O) groups excluding carboxylic acids is 1. The Labute approximate surface area is 114 Å². The van der Waals surface area contributed by atoms with Crippen molar-refractivity contribution in [1.82, 2.24) is 4.90 Å². The van der Waals surface area contributed by atoms with Crippen molar-refractivity contribution in [3.05, 3.63) is 29.3 Å². The van der Waals surface area contributed by atoms with Crippen LogP contribution in [0.2, 0.25) is 0 Å². The molecule has 1 N–H and O–H groups in total. The van der Waals surface area contributed by atoms with Crippen molar-refractivity contribution in [3.63, 3.8) is 0 Å². The molecule has 1 aromatic carbocycles. The summed E-state index contributed by atoms with van der Waals surface area (Å²) >= 11 is 0. The maximum Gasteiger partial charge on any atom is 0.226 e. The number of hydrogen-bond donors (Lipinski definition) is 1. The summed E-state index contributed by atoms with van der Waals surface area (Å²) in [4.78, 5) is 13.5. The Morgan fingerprint density at radius 1 is 1.42 bits per heavy atom. The summed E-state index contributed by atoms with van der Waals surface area (Å²) < 4.78 is 5.59. The number of nitrogens with zero attached hydrogens (tertiary/aromatic N) is 1. The van der Waals surface area contributed by atoms with E-state index in [-0.39, 0.29) is 12.0 Å². The van der Waals surface area contributed by atoms with Gasteiger partial charge in [-0.1, -0.05) is 6.07 Å². The standard InChI is InChI=1S/C15H21NO3/c1-11-3-4-14(9-12(11)2)19-8-6-15(18)16-7-5-13(17)10-16/h3-4,9,13,17H,5-8,10H2,1-2H3/t13-/m1/s1. The lowest BCUT2D eigenvalue weighted by Crippen LogP contribution is -2.30. The molecule has 1 fully saturated rings. The van der Waals surface area contributed by atoms with Crippen LogP contribution in [-0.4, -0.2) is 41.7 Å². The van der Waals surface area contributed by atoms with Gasteiger partial charge in [0.1, 0.15) is 5.75 Å². The number of carbonyl (C=O) groups is 1. The molecule has 0 aliphatic carbocycles. The van der Waals surface area contributed by atoms with Gasteiger partial charge in [0.25, 0.3) is 0 Å². The third kappa shape index (κ3) is 3.70. The van der Waals surface area contributed by atoms with E-state index in [1.165, 1.54) is 11.1 Å². The molecule has 1 aromatic rings. The van der Waals surface area contributed by atoms with E-state index in [4.69, 9.17) is 4.74 Å². The maximum absolute atomic E-state index is 11.8. The van der Waals surface area contributed by atoms with Crippen molar-refractivity contribution < 1.29 is 14.6 Å². The molecule has 0 unspecified atom stereocenters. The summed E-state index contributed by atoms with van der Waals surface area (Å²) in [6, 6.07) is 5.93. The van der Waals surface area contributed by atoms with E-state index in [2.05, 4.69) is 6.92 Å². The quantitative estimate of drug-likeness (QED) is 0.899. The zero-order valence-corrected chi connectivity index (χ0v) is 11.6. The van der Waals surface area contributed by atoms with E-state index >= 15 is 0 Å². The molecule has 1 aliphatic rings. The number of ether oxygens (including phenoxy) is 1. The molecule has 0 radical (unpaired) electrons. The third-order valence-electron chi connectivity index (χ3n) is 3.58. The summed E-state index contributed by atoms with van der Waals surface area (Å²) in [7, 11) is 0. The van der Waals surface area contributed by atoms with Crippen molar-refractivity contribution in [2.45, 2.75) is 32.8 Å². The minimum Gasteiger partial charge on any atom is -0.493 e. The number of amides is 1. The smallest absolute Gasteiger partial charge is 0.226 e. The van der Waals surface area contributed by atoms with Gasteiger partial charge in [-0.2, -0.15) is 0 Å². The highest BCUT2D eigenvalue weighted by Gasteiger charge is 2.23. The monoisotopic (exact) mass is 263 g/mol. The molecule has 1 heterocycles. The van der Waals surface area contributed by atoms with Crippen molar-refractivity contribution >= 4 is 5.91 Å². The molecule has 1 aliphatic heterocycles. The lowest BCUT2D eigenvalue weighted by Gasteiger charge is -2.15. The first-order valence-corrected chi connectivity index (χ1v) is 6.72. The Morgan fingerprint density at radius 2 is 2.21 bits per heavy atom. The summed E-state index contributed by atoms with van der Waals surface area (Å²) in [5.41, 5.74) is 2.42. The van der Waals surface area contributed by atoms with Crippen LogP contribution < -0.4 is 4.74 Å². The van der Waals surface area contributed by atoms with Crippen LogP contribution >= 0.6 is 0 Å². The van der Waals surface area contributed by atoms with Gasteiger partial charge in [0.05, 0.1) is 19.1 Å². The average molecular weight is 263 g/mol.